The van der Waals surface area contributed by atoms with Gasteiger partial charge in [-0.1, -0.05) is 56.7 Å². The van der Waals surface area contributed by atoms with E-state index in [1.165, 1.54) is 7.11 Å². The molecule has 2 fully saturated rings. The van der Waals surface area contributed by atoms with E-state index in [1.54, 1.807) is 31.2 Å². The zero-order valence-electron chi connectivity index (χ0n) is 28.4. The first-order valence-corrected chi connectivity index (χ1v) is 16.0. The van der Waals surface area contributed by atoms with Crippen molar-refractivity contribution in [2.75, 3.05) is 39.3 Å². The summed E-state index contributed by atoms with van der Waals surface area (Å²) >= 11 is 0. The number of carbonyl (C=O) groups excluding carboxylic acids is 2. The number of allylic oxidation sites excluding steroid dienone is 3. The molecule has 0 radical (unpaired) electrons. The molecule has 254 valence electrons. The molecule has 1 aromatic carbocycles. The zero-order chi connectivity index (χ0) is 33.8. The van der Waals surface area contributed by atoms with Crippen LogP contribution in [-0.2, 0) is 30.2 Å². The Morgan fingerprint density at radius 1 is 1.26 bits per heavy atom. The Labute approximate surface area is 272 Å². The molecule has 4 N–H and O–H groups in total. The average molecular weight is 642 g/mol. The minimum absolute atomic E-state index is 0.0556. The van der Waals surface area contributed by atoms with Gasteiger partial charge in [-0.25, -0.2) is 4.79 Å². The Balaban J connectivity index is 1.82. The zero-order valence-corrected chi connectivity index (χ0v) is 28.4. The van der Waals surface area contributed by atoms with E-state index in [4.69, 9.17) is 29.4 Å². The quantitative estimate of drug-likeness (QED) is 0.375. The number of epoxide rings is 1. The van der Waals surface area contributed by atoms with Gasteiger partial charge in [0.05, 0.1) is 31.4 Å². The van der Waals surface area contributed by atoms with Gasteiger partial charge in [0.2, 0.25) is 5.91 Å². The van der Waals surface area contributed by atoms with E-state index in [1.807, 2.05) is 65.0 Å². The van der Waals surface area contributed by atoms with Gasteiger partial charge in [-0.05, 0) is 43.9 Å². The summed E-state index contributed by atoms with van der Waals surface area (Å²) in [6.07, 6.45) is 6.62. The van der Waals surface area contributed by atoms with Crippen molar-refractivity contribution in [3.8, 4) is 5.75 Å². The van der Waals surface area contributed by atoms with Gasteiger partial charge in [0, 0.05) is 45.2 Å². The summed E-state index contributed by atoms with van der Waals surface area (Å²) < 4.78 is 29.8. The molecular formula is C35H51N3O8. The predicted octanol–water partition coefficient (Wildman–Crippen LogP) is 4.12. The van der Waals surface area contributed by atoms with Crippen molar-refractivity contribution in [1.29, 1.82) is 0 Å². The number of nitrogens with zero attached hydrogens (tertiary/aromatic N) is 1. The highest BCUT2D eigenvalue weighted by molar-refractivity contribution is 5.96. The summed E-state index contributed by atoms with van der Waals surface area (Å²) in [5.41, 5.74) is 6.65. The molecule has 4 rings (SSSR count). The van der Waals surface area contributed by atoms with Gasteiger partial charge in [-0.3, -0.25) is 10.1 Å². The Morgan fingerprint density at radius 2 is 2.00 bits per heavy atom. The Hall–Kier alpha value is -3.22. The highest BCUT2D eigenvalue weighted by atomic mass is 16.6. The van der Waals surface area contributed by atoms with Crippen molar-refractivity contribution in [3.05, 3.63) is 53.1 Å². The fraction of sp³-hybridized carbons (Fsp3) is 0.600. The second-order valence-corrected chi connectivity index (χ2v) is 13.3. The van der Waals surface area contributed by atoms with Gasteiger partial charge < -0.3 is 39.4 Å². The first-order chi connectivity index (χ1) is 21.8. The van der Waals surface area contributed by atoms with Crippen LogP contribution in [0.2, 0.25) is 0 Å². The molecule has 1 aromatic rings. The number of methoxy groups -OCH3 is 2. The number of hydrogen-bond donors (Lipinski definition) is 3. The number of hydrogen-bond acceptors (Lipinski definition) is 9. The number of fused-ring (bicyclic) bond motifs is 5. The first-order valence-electron chi connectivity index (χ1n) is 16.0. The van der Waals surface area contributed by atoms with Crippen molar-refractivity contribution in [2.45, 2.75) is 89.6 Å². The lowest BCUT2D eigenvalue weighted by atomic mass is 9.83. The first kappa shape index (κ1) is 35.6. The number of amides is 2. The van der Waals surface area contributed by atoms with Crippen molar-refractivity contribution < 1.29 is 38.4 Å². The minimum Gasteiger partial charge on any atom is -0.496 e. The van der Waals surface area contributed by atoms with Crippen molar-refractivity contribution in [3.63, 3.8) is 0 Å². The summed E-state index contributed by atoms with van der Waals surface area (Å²) in [5.74, 6) is 0.375. The van der Waals surface area contributed by atoms with Crippen molar-refractivity contribution in [1.82, 2.24) is 5.32 Å². The minimum atomic E-state index is -1.71. The van der Waals surface area contributed by atoms with E-state index in [0.717, 1.165) is 16.7 Å². The van der Waals surface area contributed by atoms with Gasteiger partial charge in [-0.2, -0.15) is 0 Å². The molecule has 46 heavy (non-hydrogen) atoms. The van der Waals surface area contributed by atoms with E-state index in [0.29, 0.717) is 31.0 Å². The molecule has 2 amide bonds. The molecule has 2 saturated heterocycles. The fourth-order valence-corrected chi connectivity index (χ4v) is 6.42. The maximum atomic E-state index is 14.1. The lowest BCUT2D eigenvalue weighted by molar-refractivity contribution is -0.142. The highest BCUT2D eigenvalue weighted by Crippen LogP contribution is 2.49. The highest BCUT2D eigenvalue weighted by Gasteiger charge is 2.63. The fourth-order valence-electron chi connectivity index (χ4n) is 6.42. The number of benzene rings is 1. The largest absolute Gasteiger partial charge is 0.496 e. The van der Waals surface area contributed by atoms with E-state index < -0.39 is 41.8 Å². The van der Waals surface area contributed by atoms with Gasteiger partial charge in [0.15, 0.2) is 5.72 Å². The third-order valence-electron chi connectivity index (χ3n) is 9.10. The van der Waals surface area contributed by atoms with Crippen LogP contribution >= 0.6 is 0 Å². The maximum absolute atomic E-state index is 14.1. The van der Waals surface area contributed by atoms with Crippen LogP contribution in [0.25, 0.3) is 6.08 Å². The molecule has 7 atom stereocenters. The Bertz CT molecular complexity index is 1360. The third kappa shape index (κ3) is 7.83. The molecule has 0 aromatic heterocycles. The molecule has 3 aliphatic heterocycles. The summed E-state index contributed by atoms with van der Waals surface area (Å²) in [6, 6.07) is 3.95. The van der Waals surface area contributed by atoms with E-state index in [2.05, 4.69) is 5.32 Å². The van der Waals surface area contributed by atoms with Crippen LogP contribution in [0.3, 0.4) is 0 Å². The Kier molecular flexibility index (Phi) is 11.4. The third-order valence-corrected chi connectivity index (χ3v) is 9.10. The number of anilines is 1. The van der Waals surface area contributed by atoms with Crippen LogP contribution in [0.1, 0.15) is 58.6 Å². The predicted molar refractivity (Wildman–Crippen MR) is 176 cm³/mol. The van der Waals surface area contributed by atoms with Crippen molar-refractivity contribution in [2.24, 2.45) is 17.6 Å². The number of alkyl carbamates (subject to hydrolysis) is 1. The number of rotatable bonds is 7. The number of ether oxygens (including phenoxy) is 5. The van der Waals surface area contributed by atoms with Crippen LogP contribution in [0.15, 0.2) is 42.0 Å². The second-order valence-electron chi connectivity index (χ2n) is 13.3. The van der Waals surface area contributed by atoms with Gasteiger partial charge in [0.25, 0.3) is 0 Å². The van der Waals surface area contributed by atoms with E-state index in [9.17, 15) is 14.7 Å². The van der Waals surface area contributed by atoms with Crippen LogP contribution in [0.4, 0.5) is 10.5 Å². The summed E-state index contributed by atoms with van der Waals surface area (Å²) in [4.78, 5) is 28.5. The molecular weight excluding hydrogens is 590 g/mol. The lowest BCUT2D eigenvalue weighted by Gasteiger charge is -2.42. The molecule has 0 saturated carbocycles. The van der Waals surface area contributed by atoms with Crippen LogP contribution < -0.4 is 20.7 Å². The van der Waals surface area contributed by atoms with E-state index in [-0.39, 0.29) is 30.6 Å². The maximum Gasteiger partial charge on any atom is 0.409 e. The molecule has 0 spiro atoms. The number of nitrogens with two attached hydrogens (primary N) is 1. The molecule has 0 aliphatic carbocycles. The molecule has 3 aliphatic rings. The summed E-state index contributed by atoms with van der Waals surface area (Å²) in [5, 5.41) is 14.2. The van der Waals surface area contributed by atoms with Crippen LogP contribution in [-0.4, -0.2) is 87.3 Å². The topological polar surface area (TPSA) is 145 Å². The second kappa shape index (κ2) is 14.7. The van der Waals surface area contributed by atoms with E-state index >= 15 is 0 Å². The number of aliphatic hydroxyl groups is 1. The molecule has 0 unspecified atom stereocenters. The number of nitrogens with one attached hydrogen (secondary N) is 1. The van der Waals surface area contributed by atoms with Gasteiger partial charge in [0.1, 0.15) is 23.6 Å². The monoisotopic (exact) mass is 641 g/mol. The average Bonchev–Trinajstić information content (AvgIpc) is 3.70. The molecule has 3 heterocycles. The van der Waals surface area contributed by atoms with Gasteiger partial charge >= 0.3 is 6.09 Å². The normalized spacial score (nSPS) is 34.0. The standard InChI is InChI=1S/C35H51N3O8/c1-21(2)20-44-30-18-31(39)38(6)26-16-24(17-27(42-7)25(26)12-10-14-36)15-22(3)11-9-13-29(43-8)35(41)19-28(45-33(40)37-35)23(4)32-34(30,5)46-32/h9-13,16-17,21,23,28-30,32,41H,14-15,18-20,36H2,1-8H3,(H,37,40)/b12-10+,13-9+,22-11+/t23-,28+,29-,30+,32+,34+,35+/m1/s1. The molecule has 11 heteroatoms. The SMILES string of the molecule is COc1cc2cc(c1/C=C/CN)N(C)C(=O)C[C@H](OCC(C)C)[C@]1(C)O[C@H]1[C@H](C)[C@@H]1C[C@@](O)(NC(=O)O1)[C@H](OC)/C=C/C=C(\C)C2. The van der Waals surface area contributed by atoms with Crippen molar-refractivity contribution >= 4 is 23.8 Å². The Morgan fingerprint density at radius 3 is 2.65 bits per heavy atom. The van der Waals surface area contributed by atoms with Gasteiger partial charge in [-0.15, -0.1) is 0 Å². The number of carbonyl (C=O) groups is 2. The van der Waals surface area contributed by atoms with Crippen LogP contribution in [0.5, 0.6) is 5.75 Å². The summed E-state index contributed by atoms with van der Waals surface area (Å²) in [7, 11) is 4.84. The summed E-state index contributed by atoms with van der Waals surface area (Å²) in [6.45, 7) is 10.7. The smallest absolute Gasteiger partial charge is 0.409 e. The van der Waals surface area contributed by atoms with Crippen LogP contribution in [0, 0.1) is 11.8 Å². The molecule has 4 bridgehead atoms. The lowest BCUT2D eigenvalue weighted by Crippen LogP contribution is -2.63. The molecule has 11 nitrogen and oxygen atoms in total.